The summed E-state index contributed by atoms with van der Waals surface area (Å²) >= 11 is 0. The van der Waals surface area contributed by atoms with Crippen LogP contribution in [0.2, 0.25) is 0 Å². The van der Waals surface area contributed by atoms with Crippen molar-refractivity contribution in [1.82, 2.24) is 0 Å². The van der Waals surface area contributed by atoms with E-state index in [1.165, 1.54) is 11.6 Å². The van der Waals surface area contributed by atoms with Crippen LogP contribution >= 0.6 is 0 Å². The molecule has 2 N–H and O–H groups in total. The van der Waals surface area contributed by atoms with Crippen molar-refractivity contribution < 1.29 is 4.39 Å². The molecule has 0 aromatic heterocycles. The lowest BCUT2D eigenvalue weighted by Crippen LogP contribution is -1.99. The van der Waals surface area contributed by atoms with E-state index < -0.39 is 0 Å². The Balaban J connectivity index is 2.44. The minimum Gasteiger partial charge on any atom is -0.326 e. The lowest BCUT2D eigenvalue weighted by molar-refractivity contribution is 0.627. The second kappa shape index (κ2) is 5.32. The predicted molar refractivity (Wildman–Crippen MR) is 73.8 cm³/mol. The fourth-order valence-electron chi connectivity index (χ4n) is 2.04. The molecule has 0 unspecified atom stereocenters. The molecule has 2 rings (SSSR count). The largest absolute Gasteiger partial charge is 0.326 e. The van der Waals surface area contributed by atoms with Gasteiger partial charge in [0, 0.05) is 6.54 Å². The van der Waals surface area contributed by atoms with E-state index in [2.05, 4.69) is 26.0 Å². The Hall–Kier alpha value is -1.67. The molecule has 2 aromatic rings. The van der Waals surface area contributed by atoms with Crippen LogP contribution < -0.4 is 5.73 Å². The second-order valence-corrected chi connectivity index (χ2v) is 4.78. The molecular formula is C16H18FN. The van der Waals surface area contributed by atoms with Crippen LogP contribution in [0.4, 0.5) is 4.39 Å². The molecule has 0 aliphatic carbocycles. The third kappa shape index (κ3) is 2.59. The fraction of sp³-hybridized carbons (Fsp3) is 0.250. The van der Waals surface area contributed by atoms with Crippen LogP contribution in [-0.4, -0.2) is 0 Å². The van der Waals surface area contributed by atoms with Crippen molar-refractivity contribution in [2.75, 3.05) is 0 Å². The summed E-state index contributed by atoms with van der Waals surface area (Å²) in [7, 11) is 0. The van der Waals surface area contributed by atoms with Crippen LogP contribution in [0.1, 0.15) is 30.9 Å². The molecule has 0 radical (unpaired) electrons. The fourth-order valence-corrected chi connectivity index (χ4v) is 2.04. The van der Waals surface area contributed by atoms with Gasteiger partial charge in [0.1, 0.15) is 5.82 Å². The quantitative estimate of drug-likeness (QED) is 0.863. The molecule has 18 heavy (non-hydrogen) atoms. The van der Waals surface area contributed by atoms with E-state index in [1.807, 2.05) is 12.1 Å². The van der Waals surface area contributed by atoms with E-state index in [0.29, 0.717) is 12.5 Å². The van der Waals surface area contributed by atoms with Crippen molar-refractivity contribution in [1.29, 1.82) is 0 Å². The predicted octanol–water partition coefficient (Wildman–Crippen LogP) is 4.07. The van der Waals surface area contributed by atoms with Crippen molar-refractivity contribution in [3.05, 3.63) is 59.4 Å². The molecule has 94 valence electrons. The van der Waals surface area contributed by atoms with Gasteiger partial charge in [-0.25, -0.2) is 4.39 Å². The maximum absolute atomic E-state index is 13.3. The molecule has 2 aromatic carbocycles. The van der Waals surface area contributed by atoms with E-state index >= 15 is 0 Å². The third-order valence-electron chi connectivity index (χ3n) is 3.18. The zero-order valence-electron chi connectivity index (χ0n) is 10.8. The van der Waals surface area contributed by atoms with E-state index in [4.69, 9.17) is 5.73 Å². The highest BCUT2D eigenvalue weighted by molar-refractivity contribution is 5.67. The number of nitrogens with two attached hydrogens (primary N) is 1. The van der Waals surface area contributed by atoms with Gasteiger partial charge in [-0.2, -0.15) is 0 Å². The Morgan fingerprint density at radius 1 is 1.06 bits per heavy atom. The van der Waals surface area contributed by atoms with Gasteiger partial charge in [-0.15, -0.1) is 0 Å². The van der Waals surface area contributed by atoms with Crippen molar-refractivity contribution in [2.45, 2.75) is 26.3 Å². The first-order valence-electron chi connectivity index (χ1n) is 6.20. The van der Waals surface area contributed by atoms with Crippen molar-refractivity contribution in [3.63, 3.8) is 0 Å². The van der Waals surface area contributed by atoms with E-state index in [1.54, 1.807) is 12.1 Å². The zero-order valence-corrected chi connectivity index (χ0v) is 10.8. The molecule has 0 spiro atoms. The molecule has 1 nitrogen and oxygen atoms in total. The third-order valence-corrected chi connectivity index (χ3v) is 3.18. The Labute approximate surface area is 107 Å². The van der Waals surface area contributed by atoms with Crippen molar-refractivity contribution in [2.24, 2.45) is 5.73 Å². The maximum Gasteiger partial charge on any atom is 0.123 e. The average molecular weight is 243 g/mol. The standard InChI is InChI=1S/C16H18FN/c1-11(2)12-3-5-13(6-4-12)16-9-15(17)8-7-14(16)10-18/h3-9,11H,10,18H2,1-2H3. The van der Waals surface area contributed by atoms with Gasteiger partial charge < -0.3 is 5.73 Å². The van der Waals surface area contributed by atoms with Gasteiger partial charge >= 0.3 is 0 Å². The highest BCUT2D eigenvalue weighted by Gasteiger charge is 2.06. The monoisotopic (exact) mass is 243 g/mol. The van der Waals surface area contributed by atoms with Gasteiger partial charge in [-0.1, -0.05) is 44.2 Å². The summed E-state index contributed by atoms with van der Waals surface area (Å²) in [6.07, 6.45) is 0. The SMILES string of the molecule is CC(C)c1ccc(-c2cc(F)ccc2CN)cc1. The smallest absolute Gasteiger partial charge is 0.123 e. The Morgan fingerprint density at radius 2 is 1.72 bits per heavy atom. The van der Waals surface area contributed by atoms with Crippen LogP contribution in [0.3, 0.4) is 0 Å². The molecule has 0 heterocycles. The summed E-state index contributed by atoms with van der Waals surface area (Å²) in [5.74, 6) is 0.274. The minimum absolute atomic E-state index is 0.227. The summed E-state index contributed by atoms with van der Waals surface area (Å²) in [4.78, 5) is 0. The molecular weight excluding hydrogens is 225 g/mol. The molecule has 0 bridgehead atoms. The van der Waals surface area contributed by atoms with Gasteiger partial charge in [0.05, 0.1) is 0 Å². The molecule has 0 aliphatic rings. The zero-order chi connectivity index (χ0) is 13.1. The van der Waals surface area contributed by atoms with Crippen molar-refractivity contribution >= 4 is 0 Å². The van der Waals surface area contributed by atoms with Crippen LogP contribution in [0.25, 0.3) is 11.1 Å². The van der Waals surface area contributed by atoms with Gasteiger partial charge in [0.25, 0.3) is 0 Å². The summed E-state index contributed by atoms with van der Waals surface area (Å²) in [6.45, 7) is 4.73. The molecule has 0 saturated heterocycles. The molecule has 0 saturated carbocycles. The maximum atomic E-state index is 13.3. The van der Waals surface area contributed by atoms with E-state index in [0.717, 1.165) is 16.7 Å². The lowest BCUT2D eigenvalue weighted by Gasteiger charge is -2.10. The first kappa shape index (κ1) is 12.8. The Kier molecular flexibility index (Phi) is 3.78. The Bertz CT molecular complexity index is 529. The van der Waals surface area contributed by atoms with Gasteiger partial charge in [-0.05, 0) is 40.3 Å². The molecule has 0 fully saturated rings. The van der Waals surface area contributed by atoms with Crippen LogP contribution in [0.15, 0.2) is 42.5 Å². The topological polar surface area (TPSA) is 26.0 Å². The van der Waals surface area contributed by atoms with Gasteiger partial charge in [0.2, 0.25) is 0 Å². The highest BCUT2D eigenvalue weighted by Crippen LogP contribution is 2.26. The van der Waals surface area contributed by atoms with Crippen LogP contribution in [0.5, 0.6) is 0 Å². The lowest BCUT2D eigenvalue weighted by atomic mass is 9.96. The summed E-state index contributed by atoms with van der Waals surface area (Å²) in [5.41, 5.74) is 9.84. The van der Waals surface area contributed by atoms with Gasteiger partial charge in [-0.3, -0.25) is 0 Å². The normalized spacial score (nSPS) is 10.9. The summed E-state index contributed by atoms with van der Waals surface area (Å²) < 4.78 is 13.3. The number of benzene rings is 2. The van der Waals surface area contributed by atoms with E-state index in [-0.39, 0.29) is 5.82 Å². The van der Waals surface area contributed by atoms with Crippen molar-refractivity contribution in [3.8, 4) is 11.1 Å². The first-order chi connectivity index (χ1) is 8.61. The molecule has 2 heteroatoms. The molecule has 0 amide bonds. The number of rotatable bonds is 3. The highest BCUT2D eigenvalue weighted by atomic mass is 19.1. The van der Waals surface area contributed by atoms with Crippen LogP contribution in [0, 0.1) is 5.82 Å². The van der Waals surface area contributed by atoms with Crippen LogP contribution in [-0.2, 0) is 6.54 Å². The average Bonchev–Trinajstić information content (AvgIpc) is 2.39. The summed E-state index contributed by atoms with van der Waals surface area (Å²) in [5, 5.41) is 0. The van der Waals surface area contributed by atoms with E-state index in [9.17, 15) is 4.39 Å². The number of halogens is 1. The molecule has 0 aliphatic heterocycles. The second-order valence-electron chi connectivity index (χ2n) is 4.78. The molecule has 0 atom stereocenters. The Morgan fingerprint density at radius 3 is 2.28 bits per heavy atom. The summed E-state index contributed by atoms with van der Waals surface area (Å²) in [6, 6.07) is 13.0. The minimum atomic E-state index is -0.227. The number of hydrogen-bond donors (Lipinski definition) is 1. The number of hydrogen-bond acceptors (Lipinski definition) is 1. The van der Waals surface area contributed by atoms with Gasteiger partial charge in [0.15, 0.2) is 0 Å². The first-order valence-corrected chi connectivity index (χ1v) is 6.20.